The number of pyridine rings is 1. The molecule has 5 aromatic rings. The lowest BCUT2D eigenvalue weighted by atomic mass is 10.2. The average molecular weight is 442 g/mol. The van der Waals surface area contributed by atoms with Crippen molar-refractivity contribution >= 4 is 38.7 Å². The summed E-state index contributed by atoms with van der Waals surface area (Å²) in [5, 5.41) is 4.33. The van der Waals surface area contributed by atoms with Gasteiger partial charge in [0, 0.05) is 37.5 Å². The van der Waals surface area contributed by atoms with Gasteiger partial charge in [-0.1, -0.05) is 11.8 Å². The zero-order chi connectivity index (χ0) is 21.9. The number of nitrogens with one attached hydrogen (secondary N) is 1. The summed E-state index contributed by atoms with van der Waals surface area (Å²) in [6, 6.07) is 11.8. The number of fused-ring (bicyclic) bond motifs is 2. The highest BCUT2D eigenvalue weighted by atomic mass is 32.1. The van der Waals surface area contributed by atoms with Crippen molar-refractivity contribution in [3.63, 3.8) is 0 Å². The molecule has 0 saturated carbocycles. The number of aromatic nitrogens is 4. The van der Waals surface area contributed by atoms with Crippen molar-refractivity contribution in [3.05, 3.63) is 71.8 Å². The van der Waals surface area contributed by atoms with Crippen LogP contribution in [0.2, 0.25) is 0 Å². The molecule has 0 saturated heterocycles. The zero-order valence-corrected chi connectivity index (χ0v) is 18.3. The summed E-state index contributed by atoms with van der Waals surface area (Å²) in [5.74, 6) is 8.34. The summed E-state index contributed by atoms with van der Waals surface area (Å²) < 4.78 is 13.0. The first-order chi connectivity index (χ1) is 15.7. The molecule has 0 amide bonds. The first-order valence-corrected chi connectivity index (χ1v) is 10.7. The summed E-state index contributed by atoms with van der Waals surface area (Å²) in [7, 11) is 1.63. The Morgan fingerprint density at radius 2 is 2.03 bits per heavy atom. The summed E-state index contributed by atoms with van der Waals surface area (Å²) in [5.41, 5.74) is 2.75. The number of benzene rings is 1. The molecule has 0 spiro atoms. The molecule has 1 N–H and O–H groups in total. The highest BCUT2D eigenvalue weighted by Gasteiger charge is 2.10. The number of hydrogen-bond acceptors (Lipinski definition) is 7. The summed E-state index contributed by atoms with van der Waals surface area (Å²) in [6.07, 6.45) is 7.15. The number of thiophene rings is 1. The first kappa shape index (κ1) is 20.0. The zero-order valence-electron chi connectivity index (χ0n) is 17.5. The van der Waals surface area contributed by atoms with E-state index in [0.29, 0.717) is 6.61 Å². The first-order valence-electron chi connectivity index (χ1n) is 9.90. The van der Waals surface area contributed by atoms with E-state index in [1.807, 2.05) is 60.1 Å². The van der Waals surface area contributed by atoms with Crippen molar-refractivity contribution < 1.29 is 9.47 Å². The highest BCUT2D eigenvalue weighted by Crippen LogP contribution is 2.32. The number of rotatable bonds is 5. The van der Waals surface area contributed by atoms with Crippen molar-refractivity contribution in [3.8, 4) is 23.3 Å². The Morgan fingerprint density at radius 1 is 1.09 bits per heavy atom. The van der Waals surface area contributed by atoms with Crippen LogP contribution in [0, 0.1) is 18.8 Å². The second kappa shape index (κ2) is 8.67. The molecule has 1 aromatic carbocycles. The molecule has 4 aromatic heterocycles. The van der Waals surface area contributed by atoms with E-state index >= 15 is 0 Å². The fraction of sp³-hybridized carbons (Fsp3) is 0.125. The SMILES string of the molecule is COCC#Cc1cc2c(Nc3ccc(Oc4ccn5ccnc5c4)c(C)c3)ncnc2s1. The van der Waals surface area contributed by atoms with E-state index in [0.717, 1.165) is 49.3 Å². The van der Waals surface area contributed by atoms with Crippen LogP contribution in [0.15, 0.2) is 61.3 Å². The van der Waals surface area contributed by atoms with Crippen LogP contribution in [0.1, 0.15) is 10.4 Å². The molecule has 4 heterocycles. The molecular formula is C24H19N5O2S. The number of anilines is 2. The molecule has 0 atom stereocenters. The molecule has 5 rings (SSSR count). The number of nitrogens with zero attached hydrogens (tertiary/aromatic N) is 4. The summed E-state index contributed by atoms with van der Waals surface area (Å²) in [6.45, 7) is 2.41. The summed E-state index contributed by atoms with van der Waals surface area (Å²) >= 11 is 1.53. The maximum Gasteiger partial charge on any atom is 0.142 e. The Balaban J connectivity index is 1.37. The Hall–Kier alpha value is -3.93. The molecule has 0 bridgehead atoms. The van der Waals surface area contributed by atoms with Gasteiger partial charge in [-0.25, -0.2) is 15.0 Å². The molecule has 0 aliphatic carbocycles. The van der Waals surface area contributed by atoms with Gasteiger partial charge in [-0.2, -0.15) is 0 Å². The molecule has 32 heavy (non-hydrogen) atoms. The average Bonchev–Trinajstić information content (AvgIpc) is 3.42. The van der Waals surface area contributed by atoms with Gasteiger partial charge in [0.25, 0.3) is 0 Å². The minimum Gasteiger partial charge on any atom is -0.457 e. The number of aryl methyl sites for hydroxylation is 1. The number of ether oxygens (including phenoxy) is 2. The standard InChI is InChI=1S/C24H19N5O2S/c1-16-12-17(5-6-21(16)31-18-7-9-29-10-8-25-22(29)13-18)28-23-20-14-19(4-3-11-30-2)32-24(20)27-15-26-23/h5-10,12-15H,11H2,1-2H3,(H,26,27,28). The van der Waals surface area contributed by atoms with E-state index in [-0.39, 0.29) is 0 Å². The molecule has 0 aliphatic rings. The lowest BCUT2D eigenvalue weighted by molar-refractivity contribution is 0.240. The van der Waals surface area contributed by atoms with Gasteiger partial charge in [0.15, 0.2) is 0 Å². The van der Waals surface area contributed by atoms with Crippen molar-refractivity contribution in [2.24, 2.45) is 0 Å². The van der Waals surface area contributed by atoms with E-state index in [2.05, 4.69) is 32.1 Å². The van der Waals surface area contributed by atoms with Crippen LogP contribution in [0.5, 0.6) is 11.5 Å². The predicted molar refractivity (Wildman–Crippen MR) is 126 cm³/mol. The van der Waals surface area contributed by atoms with Gasteiger partial charge in [-0.05, 0) is 42.8 Å². The largest absolute Gasteiger partial charge is 0.457 e. The van der Waals surface area contributed by atoms with Gasteiger partial charge in [0.1, 0.15) is 40.7 Å². The van der Waals surface area contributed by atoms with Gasteiger partial charge in [-0.3, -0.25) is 0 Å². The quantitative estimate of drug-likeness (QED) is 0.379. The minimum absolute atomic E-state index is 0.397. The minimum atomic E-state index is 0.397. The van der Waals surface area contributed by atoms with Gasteiger partial charge in [0.2, 0.25) is 0 Å². The van der Waals surface area contributed by atoms with Crippen molar-refractivity contribution in [1.82, 2.24) is 19.4 Å². The smallest absolute Gasteiger partial charge is 0.142 e. The van der Waals surface area contributed by atoms with Crippen molar-refractivity contribution in [1.29, 1.82) is 0 Å². The van der Waals surface area contributed by atoms with E-state index in [4.69, 9.17) is 9.47 Å². The molecule has 0 aliphatic heterocycles. The second-order valence-electron chi connectivity index (χ2n) is 7.05. The number of imidazole rings is 1. The van der Waals surface area contributed by atoms with Crippen LogP contribution >= 0.6 is 11.3 Å². The number of methoxy groups -OCH3 is 1. The monoisotopic (exact) mass is 441 g/mol. The second-order valence-corrected chi connectivity index (χ2v) is 8.08. The van der Waals surface area contributed by atoms with E-state index in [1.165, 1.54) is 11.3 Å². The number of hydrogen-bond donors (Lipinski definition) is 1. The predicted octanol–water partition coefficient (Wildman–Crippen LogP) is 5.18. The molecule has 8 heteroatoms. The van der Waals surface area contributed by atoms with Crippen molar-refractivity contribution in [2.45, 2.75) is 6.92 Å². The highest BCUT2D eigenvalue weighted by molar-refractivity contribution is 7.19. The summed E-state index contributed by atoms with van der Waals surface area (Å²) in [4.78, 5) is 14.9. The van der Waals surface area contributed by atoms with Crippen molar-refractivity contribution in [2.75, 3.05) is 19.0 Å². The normalized spacial score (nSPS) is 10.8. The van der Waals surface area contributed by atoms with Gasteiger partial charge < -0.3 is 19.2 Å². The third-order valence-corrected chi connectivity index (χ3v) is 5.75. The Bertz CT molecular complexity index is 1480. The van der Waals surface area contributed by atoms with Crippen LogP contribution in [-0.4, -0.2) is 33.1 Å². The third-order valence-electron chi connectivity index (χ3n) is 4.79. The molecule has 7 nitrogen and oxygen atoms in total. The molecule has 158 valence electrons. The maximum absolute atomic E-state index is 6.08. The van der Waals surface area contributed by atoms with Crippen LogP contribution in [0.25, 0.3) is 15.9 Å². The van der Waals surface area contributed by atoms with Gasteiger partial charge >= 0.3 is 0 Å². The lowest BCUT2D eigenvalue weighted by Crippen LogP contribution is -1.96. The fourth-order valence-electron chi connectivity index (χ4n) is 3.27. The Labute approximate surface area is 188 Å². The molecule has 0 unspecified atom stereocenters. The van der Waals surface area contributed by atoms with Gasteiger partial charge in [0.05, 0.1) is 10.3 Å². The van der Waals surface area contributed by atoms with Gasteiger partial charge in [-0.15, -0.1) is 11.3 Å². The van der Waals surface area contributed by atoms with E-state index in [9.17, 15) is 0 Å². The van der Waals surface area contributed by atoms with E-state index < -0.39 is 0 Å². The molecular weight excluding hydrogens is 422 g/mol. The Kier molecular flexibility index (Phi) is 5.42. The third kappa shape index (κ3) is 4.12. The molecule has 0 radical (unpaired) electrons. The van der Waals surface area contributed by atoms with E-state index in [1.54, 1.807) is 19.6 Å². The molecule has 0 fully saturated rings. The lowest BCUT2D eigenvalue weighted by Gasteiger charge is -2.12. The maximum atomic E-state index is 6.08. The van der Waals surface area contributed by atoms with Crippen LogP contribution in [0.3, 0.4) is 0 Å². The van der Waals surface area contributed by atoms with Crippen LogP contribution < -0.4 is 10.1 Å². The van der Waals surface area contributed by atoms with Crippen LogP contribution in [0.4, 0.5) is 11.5 Å². The Morgan fingerprint density at radius 3 is 2.91 bits per heavy atom. The fourth-order valence-corrected chi connectivity index (χ4v) is 4.15. The topological polar surface area (TPSA) is 73.6 Å². The van der Waals surface area contributed by atoms with Crippen LogP contribution in [-0.2, 0) is 4.74 Å².